The Balaban J connectivity index is 0. The first-order valence-corrected chi connectivity index (χ1v) is 14.6. The second kappa shape index (κ2) is 19.6. The van der Waals surface area contributed by atoms with Gasteiger partial charge >= 0.3 is 15.6 Å². The molecule has 1 saturated heterocycles. The maximum absolute atomic E-state index is 8.88. The largest absolute Gasteiger partial charge is 0.466 e. The van der Waals surface area contributed by atoms with E-state index in [2.05, 4.69) is 13.8 Å². The van der Waals surface area contributed by atoms with Crippen LogP contribution in [0.2, 0.25) is 0 Å². The predicted octanol–water partition coefficient (Wildman–Crippen LogP) is 5.18. The molecule has 1 fully saturated rings. The lowest BCUT2D eigenvalue weighted by Crippen LogP contribution is -2.02. The van der Waals surface area contributed by atoms with Gasteiger partial charge in [-0.3, -0.25) is 0 Å². The molecule has 0 bridgehead atoms. The topological polar surface area (TPSA) is 168 Å². The molecule has 0 aliphatic carbocycles. The van der Waals surface area contributed by atoms with Crippen molar-refractivity contribution < 1.29 is 43.2 Å². The molecule has 190 valence electrons. The molecule has 1 unspecified atom stereocenters. The van der Waals surface area contributed by atoms with Crippen LogP contribution in [-0.4, -0.2) is 41.6 Å². The van der Waals surface area contributed by atoms with Crippen molar-refractivity contribution in [2.24, 2.45) is 0 Å². The van der Waals surface area contributed by atoms with Crippen molar-refractivity contribution in [1.29, 1.82) is 0 Å². The second-order valence-electron chi connectivity index (χ2n) is 8.46. The van der Waals surface area contributed by atoms with Gasteiger partial charge in [0.2, 0.25) is 0 Å². The highest BCUT2D eigenvalue weighted by Gasteiger charge is 2.37. The molecule has 1 atom stereocenters. The first kappa shape index (κ1) is 33.4. The lowest BCUT2D eigenvalue weighted by molar-refractivity contribution is 0.272. The Morgan fingerprint density at radius 3 is 1.06 bits per heavy atom. The summed E-state index contributed by atoms with van der Waals surface area (Å²) in [5.41, 5.74) is 0.288. The lowest BCUT2D eigenvalue weighted by atomic mass is 10.0. The third-order valence-electron chi connectivity index (χ3n) is 4.95. The van der Waals surface area contributed by atoms with Crippen LogP contribution in [0.4, 0.5) is 0 Å². The summed E-state index contributed by atoms with van der Waals surface area (Å²) in [6.45, 7) is 5.55. The van der Waals surface area contributed by atoms with Gasteiger partial charge in [-0.15, -0.1) is 0 Å². The fraction of sp³-hybridized carbons (Fsp3) is 1.00. The first-order valence-electron chi connectivity index (χ1n) is 11.5. The summed E-state index contributed by atoms with van der Waals surface area (Å²) in [4.78, 5) is 43.1. The van der Waals surface area contributed by atoms with Gasteiger partial charge in [0.05, 0.1) is 12.2 Å². The molecule has 0 spiro atoms. The molecule has 6 N–H and O–H groups in total. The van der Waals surface area contributed by atoms with Crippen molar-refractivity contribution in [2.45, 2.75) is 122 Å². The van der Waals surface area contributed by atoms with Crippen molar-refractivity contribution in [2.75, 3.05) is 6.61 Å². The third-order valence-corrected chi connectivity index (χ3v) is 4.95. The lowest BCUT2D eigenvalue weighted by Gasteiger charge is -2.05. The van der Waals surface area contributed by atoms with Gasteiger partial charge < -0.3 is 34.1 Å². The monoisotopic (exact) mass is 492 g/mol. The van der Waals surface area contributed by atoms with Gasteiger partial charge in [0.25, 0.3) is 0 Å². The van der Waals surface area contributed by atoms with Gasteiger partial charge in [-0.2, -0.15) is 0 Å². The zero-order valence-corrected chi connectivity index (χ0v) is 21.1. The minimum Gasteiger partial charge on any atom is -0.370 e. The molecule has 0 radical (unpaired) electrons. The molecule has 9 nitrogen and oxygen atoms in total. The highest BCUT2D eigenvalue weighted by molar-refractivity contribution is 7.45. The number of ether oxygens (including phenoxy) is 1. The zero-order chi connectivity index (χ0) is 24.2. The number of phosphoric acid groups is 2. The third kappa shape index (κ3) is 44.6. The van der Waals surface area contributed by atoms with E-state index in [0.29, 0.717) is 0 Å². The van der Waals surface area contributed by atoms with Crippen LogP contribution in [0.5, 0.6) is 0 Å². The fourth-order valence-corrected chi connectivity index (χ4v) is 3.14. The van der Waals surface area contributed by atoms with Gasteiger partial charge in [0.15, 0.2) is 0 Å². The standard InChI is InChI=1S/C20H40O.2H3O4P/c1-3-4-5-6-7-8-9-10-11-12-13-14-15-16-17-18-20(2)19-21-20;2*1-5(2,3)4/h3-19H2,1-2H3;2*(H3,1,2,3,4). The van der Waals surface area contributed by atoms with Crippen molar-refractivity contribution in [3.8, 4) is 0 Å². The number of rotatable bonds is 16. The summed E-state index contributed by atoms with van der Waals surface area (Å²) in [5.74, 6) is 0. The second-order valence-corrected chi connectivity index (χ2v) is 10.5. The van der Waals surface area contributed by atoms with Crippen LogP contribution in [0.25, 0.3) is 0 Å². The average Bonchev–Trinajstić information content (AvgIpc) is 3.33. The van der Waals surface area contributed by atoms with Gasteiger partial charge in [0, 0.05) is 0 Å². The van der Waals surface area contributed by atoms with Crippen LogP contribution >= 0.6 is 15.6 Å². The fourth-order valence-electron chi connectivity index (χ4n) is 3.14. The Morgan fingerprint density at radius 1 is 0.613 bits per heavy atom. The quantitative estimate of drug-likeness (QED) is 0.0966. The van der Waals surface area contributed by atoms with Crippen LogP contribution in [-0.2, 0) is 13.9 Å². The summed E-state index contributed by atoms with van der Waals surface area (Å²) in [6.07, 6.45) is 23.0. The summed E-state index contributed by atoms with van der Waals surface area (Å²) >= 11 is 0. The highest BCUT2D eigenvalue weighted by atomic mass is 31.2. The molecule has 1 aliphatic rings. The summed E-state index contributed by atoms with van der Waals surface area (Å²) < 4.78 is 23.2. The van der Waals surface area contributed by atoms with Crippen molar-refractivity contribution in [3.63, 3.8) is 0 Å². The molecule has 0 aromatic carbocycles. The van der Waals surface area contributed by atoms with Gasteiger partial charge in [-0.1, -0.05) is 103 Å². The van der Waals surface area contributed by atoms with E-state index in [1.807, 2.05) is 0 Å². The minimum atomic E-state index is -4.64. The van der Waals surface area contributed by atoms with Crippen LogP contribution in [0, 0.1) is 0 Å². The summed E-state index contributed by atoms with van der Waals surface area (Å²) in [5, 5.41) is 0. The van der Waals surface area contributed by atoms with Crippen LogP contribution < -0.4 is 0 Å². The van der Waals surface area contributed by atoms with E-state index in [4.69, 9.17) is 43.2 Å². The number of hydrogen-bond donors (Lipinski definition) is 6. The smallest absolute Gasteiger partial charge is 0.370 e. The number of epoxide rings is 1. The molecule has 0 aromatic rings. The van der Waals surface area contributed by atoms with Crippen molar-refractivity contribution >= 4 is 15.6 Å². The molecule has 11 heteroatoms. The summed E-state index contributed by atoms with van der Waals surface area (Å²) in [7, 11) is -9.28. The van der Waals surface area contributed by atoms with E-state index in [-0.39, 0.29) is 5.60 Å². The Kier molecular flexibility index (Phi) is 21.1. The van der Waals surface area contributed by atoms with E-state index < -0.39 is 15.6 Å². The number of hydrogen-bond acceptors (Lipinski definition) is 3. The van der Waals surface area contributed by atoms with Crippen LogP contribution in [0.3, 0.4) is 0 Å². The molecule has 0 aromatic heterocycles. The van der Waals surface area contributed by atoms with Gasteiger partial charge in [-0.25, -0.2) is 9.13 Å². The minimum absolute atomic E-state index is 0.288. The molecule has 1 rings (SSSR count). The van der Waals surface area contributed by atoms with E-state index in [1.54, 1.807) is 0 Å². The van der Waals surface area contributed by atoms with Crippen LogP contribution in [0.15, 0.2) is 0 Å². The Hall–Kier alpha value is 0.180. The molecular formula is C20H46O9P2. The van der Waals surface area contributed by atoms with Gasteiger partial charge in [0.1, 0.15) is 0 Å². The SMILES string of the molecule is CCCCCCCCCCCCCCCCCC1(C)CO1.O=P(O)(O)O.O=P(O)(O)O. The van der Waals surface area contributed by atoms with Crippen molar-refractivity contribution in [3.05, 3.63) is 0 Å². The Labute approximate surface area is 188 Å². The van der Waals surface area contributed by atoms with Gasteiger partial charge in [-0.05, 0) is 13.3 Å². The molecule has 1 heterocycles. The maximum Gasteiger partial charge on any atom is 0.466 e. The predicted molar refractivity (Wildman–Crippen MR) is 122 cm³/mol. The van der Waals surface area contributed by atoms with Crippen molar-refractivity contribution in [1.82, 2.24) is 0 Å². The average molecular weight is 493 g/mol. The van der Waals surface area contributed by atoms with Crippen LogP contribution in [0.1, 0.15) is 117 Å². The van der Waals surface area contributed by atoms with E-state index in [9.17, 15) is 0 Å². The number of unbranched alkanes of at least 4 members (excludes halogenated alkanes) is 14. The molecule has 1 aliphatic heterocycles. The Bertz CT molecular complexity index is 451. The zero-order valence-electron chi connectivity index (χ0n) is 19.3. The highest BCUT2D eigenvalue weighted by Crippen LogP contribution is 2.32. The van der Waals surface area contributed by atoms with E-state index >= 15 is 0 Å². The molecule has 0 saturated carbocycles. The van der Waals surface area contributed by atoms with E-state index in [0.717, 1.165) is 6.61 Å². The maximum atomic E-state index is 8.88. The Morgan fingerprint density at radius 2 is 0.839 bits per heavy atom. The summed E-state index contributed by atoms with van der Waals surface area (Å²) in [6, 6.07) is 0. The first-order chi connectivity index (χ1) is 14.3. The van der Waals surface area contributed by atoms with E-state index in [1.165, 1.54) is 103 Å². The normalized spacial score (nSPS) is 17.9. The molecule has 0 amide bonds. The molecular weight excluding hydrogens is 446 g/mol. The molecule has 31 heavy (non-hydrogen) atoms.